The van der Waals surface area contributed by atoms with Crippen LogP contribution >= 0.6 is 0 Å². The van der Waals surface area contributed by atoms with Gasteiger partial charge in [0.15, 0.2) is 0 Å². The zero-order valence-corrected chi connectivity index (χ0v) is 9.08. The number of rotatable bonds is 4. The van der Waals surface area contributed by atoms with Crippen molar-refractivity contribution in [1.82, 2.24) is 5.43 Å². The molecule has 0 fully saturated rings. The van der Waals surface area contributed by atoms with Crippen LogP contribution < -0.4 is 16.6 Å². The maximum atomic E-state index is 11.3. The summed E-state index contributed by atoms with van der Waals surface area (Å²) in [5.74, 6) is 4.89. The minimum atomic E-state index is -0.280. The Kier molecular flexibility index (Phi) is 4.12. The van der Waals surface area contributed by atoms with E-state index in [0.29, 0.717) is 6.42 Å². The van der Waals surface area contributed by atoms with Gasteiger partial charge in [-0.15, -0.1) is 0 Å². The Bertz CT molecular complexity index is 321. The lowest BCUT2D eigenvalue weighted by molar-refractivity contribution is -0.121. The zero-order chi connectivity index (χ0) is 11.3. The number of nitrogens with two attached hydrogens (primary N) is 1. The van der Waals surface area contributed by atoms with Crippen LogP contribution in [-0.4, -0.2) is 11.9 Å². The average molecular weight is 207 g/mol. The molecule has 0 aliphatic rings. The minimum absolute atomic E-state index is 0.196. The highest BCUT2D eigenvalue weighted by molar-refractivity contribution is 5.83. The maximum absolute atomic E-state index is 11.3. The highest BCUT2D eigenvalue weighted by atomic mass is 16.2. The molecule has 1 aromatic rings. The molecule has 4 N–H and O–H groups in total. The molecule has 1 atom stereocenters. The number of aryl methyl sites for hydroxylation is 1. The first kappa shape index (κ1) is 11.5. The lowest BCUT2D eigenvalue weighted by atomic mass is 10.2. The quantitative estimate of drug-likeness (QED) is 0.394. The molecule has 1 unspecified atom stereocenters. The Morgan fingerprint density at radius 1 is 1.40 bits per heavy atom. The molecule has 0 aliphatic carbocycles. The van der Waals surface area contributed by atoms with E-state index in [4.69, 9.17) is 5.84 Å². The monoisotopic (exact) mass is 207 g/mol. The average Bonchev–Trinajstić information content (AvgIpc) is 2.27. The van der Waals surface area contributed by atoms with E-state index >= 15 is 0 Å². The Morgan fingerprint density at radius 2 is 2.00 bits per heavy atom. The van der Waals surface area contributed by atoms with E-state index in [-0.39, 0.29) is 11.9 Å². The van der Waals surface area contributed by atoms with Crippen molar-refractivity contribution in [3.8, 4) is 0 Å². The number of benzene rings is 1. The van der Waals surface area contributed by atoms with E-state index in [2.05, 4.69) is 10.7 Å². The predicted molar refractivity (Wildman–Crippen MR) is 61.2 cm³/mol. The van der Waals surface area contributed by atoms with Gasteiger partial charge in [-0.25, -0.2) is 5.84 Å². The summed E-state index contributed by atoms with van der Waals surface area (Å²) in [6.45, 7) is 3.95. The van der Waals surface area contributed by atoms with E-state index < -0.39 is 0 Å². The first-order valence-corrected chi connectivity index (χ1v) is 5.01. The van der Waals surface area contributed by atoms with Gasteiger partial charge < -0.3 is 5.32 Å². The summed E-state index contributed by atoms with van der Waals surface area (Å²) in [5, 5.41) is 3.11. The Morgan fingerprint density at radius 3 is 2.47 bits per heavy atom. The normalized spacial score (nSPS) is 11.9. The third kappa shape index (κ3) is 3.25. The van der Waals surface area contributed by atoms with Crippen LogP contribution in [0, 0.1) is 6.92 Å². The third-order valence-electron chi connectivity index (χ3n) is 2.26. The van der Waals surface area contributed by atoms with Gasteiger partial charge in [-0.3, -0.25) is 10.2 Å². The van der Waals surface area contributed by atoms with Gasteiger partial charge in [0.1, 0.15) is 6.04 Å². The molecule has 0 bridgehead atoms. The van der Waals surface area contributed by atoms with Crippen LogP contribution in [0.3, 0.4) is 0 Å². The van der Waals surface area contributed by atoms with Gasteiger partial charge in [-0.2, -0.15) is 0 Å². The third-order valence-corrected chi connectivity index (χ3v) is 2.26. The van der Waals surface area contributed by atoms with Crippen LogP contribution in [0.5, 0.6) is 0 Å². The number of hydrazine groups is 1. The van der Waals surface area contributed by atoms with E-state index in [1.807, 2.05) is 38.1 Å². The molecule has 82 valence electrons. The van der Waals surface area contributed by atoms with Crippen LogP contribution in [0.15, 0.2) is 24.3 Å². The standard InChI is InChI=1S/C11H17N3O/c1-3-10(11(15)14-12)13-9-6-4-8(2)5-7-9/h4-7,10,13H,3,12H2,1-2H3,(H,14,15). The second kappa shape index (κ2) is 5.36. The van der Waals surface area contributed by atoms with Crippen molar-refractivity contribution in [2.24, 2.45) is 5.84 Å². The van der Waals surface area contributed by atoms with Gasteiger partial charge >= 0.3 is 0 Å². The molecule has 0 aliphatic heterocycles. The molecule has 1 rings (SSSR count). The van der Waals surface area contributed by atoms with Crippen molar-refractivity contribution in [2.45, 2.75) is 26.3 Å². The lowest BCUT2D eigenvalue weighted by Crippen LogP contribution is -2.42. The smallest absolute Gasteiger partial charge is 0.256 e. The number of nitrogens with one attached hydrogen (secondary N) is 2. The predicted octanol–water partition coefficient (Wildman–Crippen LogP) is 1.18. The van der Waals surface area contributed by atoms with Gasteiger partial charge in [-0.05, 0) is 25.5 Å². The molecule has 0 spiro atoms. The van der Waals surface area contributed by atoms with Crippen LogP contribution in [0.2, 0.25) is 0 Å². The topological polar surface area (TPSA) is 67.2 Å². The first-order valence-electron chi connectivity index (χ1n) is 5.01. The number of carbonyl (C=O) groups excluding carboxylic acids is 1. The maximum Gasteiger partial charge on any atom is 0.256 e. The SMILES string of the molecule is CCC(Nc1ccc(C)cc1)C(=O)NN. The van der Waals surface area contributed by atoms with Crippen molar-refractivity contribution in [1.29, 1.82) is 0 Å². The Hall–Kier alpha value is -1.55. The zero-order valence-electron chi connectivity index (χ0n) is 9.08. The van der Waals surface area contributed by atoms with Crippen LogP contribution in [0.4, 0.5) is 5.69 Å². The van der Waals surface area contributed by atoms with Crippen LogP contribution in [-0.2, 0) is 4.79 Å². The molecule has 1 aromatic carbocycles. The van der Waals surface area contributed by atoms with Gasteiger partial charge in [-0.1, -0.05) is 24.6 Å². The van der Waals surface area contributed by atoms with E-state index in [1.165, 1.54) is 5.56 Å². The van der Waals surface area contributed by atoms with Crippen molar-refractivity contribution in [2.75, 3.05) is 5.32 Å². The van der Waals surface area contributed by atoms with Crippen molar-refractivity contribution in [3.05, 3.63) is 29.8 Å². The molecule has 4 heteroatoms. The molecule has 0 saturated heterocycles. The highest BCUT2D eigenvalue weighted by Gasteiger charge is 2.14. The van der Waals surface area contributed by atoms with Crippen LogP contribution in [0.1, 0.15) is 18.9 Å². The van der Waals surface area contributed by atoms with Gasteiger partial charge in [0.25, 0.3) is 5.91 Å². The van der Waals surface area contributed by atoms with E-state index in [9.17, 15) is 4.79 Å². The lowest BCUT2D eigenvalue weighted by Gasteiger charge is -2.16. The second-order valence-electron chi connectivity index (χ2n) is 3.48. The molecular formula is C11H17N3O. The van der Waals surface area contributed by atoms with Gasteiger partial charge in [0.2, 0.25) is 0 Å². The first-order chi connectivity index (χ1) is 7.17. The minimum Gasteiger partial charge on any atom is -0.374 e. The molecule has 0 saturated carbocycles. The van der Waals surface area contributed by atoms with Crippen LogP contribution in [0.25, 0.3) is 0 Å². The van der Waals surface area contributed by atoms with Crippen molar-refractivity contribution < 1.29 is 4.79 Å². The summed E-state index contributed by atoms with van der Waals surface area (Å²) >= 11 is 0. The summed E-state index contributed by atoms with van der Waals surface area (Å²) in [4.78, 5) is 11.3. The number of anilines is 1. The summed E-state index contributed by atoms with van der Waals surface area (Å²) < 4.78 is 0. The molecule has 4 nitrogen and oxygen atoms in total. The molecule has 0 aromatic heterocycles. The van der Waals surface area contributed by atoms with Gasteiger partial charge in [0.05, 0.1) is 0 Å². The van der Waals surface area contributed by atoms with E-state index in [1.54, 1.807) is 0 Å². The molecule has 15 heavy (non-hydrogen) atoms. The van der Waals surface area contributed by atoms with Crippen molar-refractivity contribution >= 4 is 11.6 Å². The largest absolute Gasteiger partial charge is 0.374 e. The fourth-order valence-corrected chi connectivity index (χ4v) is 1.30. The molecular weight excluding hydrogens is 190 g/mol. The fourth-order valence-electron chi connectivity index (χ4n) is 1.30. The molecule has 0 radical (unpaired) electrons. The number of amides is 1. The summed E-state index contributed by atoms with van der Waals surface area (Å²) in [7, 11) is 0. The van der Waals surface area contributed by atoms with E-state index in [0.717, 1.165) is 5.69 Å². The molecule has 0 heterocycles. The number of hydrogen-bond donors (Lipinski definition) is 3. The fraction of sp³-hybridized carbons (Fsp3) is 0.364. The Balaban J connectivity index is 2.66. The second-order valence-corrected chi connectivity index (χ2v) is 3.48. The highest BCUT2D eigenvalue weighted by Crippen LogP contribution is 2.11. The van der Waals surface area contributed by atoms with Gasteiger partial charge in [0, 0.05) is 5.69 Å². The molecule has 1 amide bonds. The summed E-state index contributed by atoms with van der Waals surface area (Å²) in [5.41, 5.74) is 4.26. The van der Waals surface area contributed by atoms with Crippen molar-refractivity contribution in [3.63, 3.8) is 0 Å². The number of carbonyl (C=O) groups is 1. The summed E-state index contributed by atoms with van der Waals surface area (Å²) in [6.07, 6.45) is 0.691. The Labute approximate surface area is 89.8 Å². The summed E-state index contributed by atoms with van der Waals surface area (Å²) in [6, 6.07) is 7.60. The number of hydrogen-bond acceptors (Lipinski definition) is 3.